The Kier molecular flexibility index (Phi) is 4.99. The molecule has 1 unspecified atom stereocenters. The predicted octanol–water partition coefficient (Wildman–Crippen LogP) is 3.42. The van der Waals surface area contributed by atoms with Crippen LogP contribution in [-0.2, 0) is 11.2 Å². The largest absolute Gasteiger partial charge is 0.324 e. The highest BCUT2D eigenvalue weighted by molar-refractivity contribution is 7.18. The van der Waals surface area contributed by atoms with Crippen LogP contribution < -0.4 is 10.9 Å². The van der Waals surface area contributed by atoms with E-state index >= 15 is 0 Å². The lowest BCUT2D eigenvalue weighted by atomic mass is 10.1. The third-order valence-corrected chi connectivity index (χ3v) is 5.42. The van der Waals surface area contributed by atoms with E-state index in [0.717, 1.165) is 11.3 Å². The summed E-state index contributed by atoms with van der Waals surface area (Å²) >= 11 is 1.49. The molecular formula is C19H19N3O3S. The van der Waals surface area contributed by atoms with E-state index in [1.807, 2.05) is 13.0 Å². The summed E-state index contributed by atoms with van der Waals surface area (Å²) < 4.78 is 1.34. The zero-order valence-electron chi connectivity index (χ0n) is 14.8. The molecule has 26 heavy (non-hydrogen) atoms. The number of rotatable bonds is 5. The van der Waals surface area contributed by atoms with E-state index in [1.54, 1.807) is 31.2 Å². The number of nitrogens with zero attached hydrogens (tertiary/aromatic N) is 2. The first kappa shape index (κ1) is 18.0. The van der Waals surface area contributed by atoms with E-state index in [2.05, 4.69) is 10.3 Å². The summed E-state index contributed by atoms with van der Waals surface area (Å²) in [5.41, 5.74) is 0.921. The summed E-state index contributed by atoms with van der Waals surface area (Å²) in [6.45, 7) is 5.16. The fourth-order valence-electron chi connectivity index (χ4n) is 2.60. The van der Waals surface area contributed by atoms with Crippen LogP contribution in [0.15, 0.2) is 41.5 Å². The minimum Gasteiger partial charge on any atom is -0.324 e. The Balaban J connectivity index is 1.84. The second kappa shape index (κ2) is 7.21. The number of thiophene rings is 1. The quantitative estimate of drug-likeness (QED) is 0.699. The van der Waals surface area contributed by atoms with Gasteiger partial charge >= 0.3 is 0 Å². The van der Waals surface area contributed by atoms with Gasteiger partial charge in [0.05, 0.1) is 11.7 Å². The molecular weight excluding hydrogens is 350 g/mol. The van der Waals surface area contributed by atoms with E-state index in [9.17, 15) is 14.4 Å². The molecule has 3 aromatic rings. The number of hydrogen-bond donors (Lipinski definition) is 1. The molecule has 0 radical (unpaired) electrons. The molecule has 0 spiro atoms. The Bertz CT molecular complexity index is 1030. The Morgan fingerprint density at radius 3 is 2.58 bits per heavy atom. The van der Waals surface area contributed by atoms with Crippen molar-refractivity contribution in [2.24, 2.45) is 0 Å². The first-order valence-corrected chi connectivity index (χ1v) is 9.13. The van der Waals surface area contributed by atoms with E-state index in [-0.39, 0.29) is 17.2 Å². The molecule has 1 atom stereocenters. The molecule has 0 bridgehead atoms. The summed E-state index contributed by atoms with van der Waals surface area (Å²) in [4.78, 5) is 42.6. The Labute approximate surface area is 154 Å². The van der Waals surface area contributed by atoms with Crippen LogP contribution in [0.1, 0.15) is 42.0 Å². The van der Waals surface area contributed by atoms with Gasteiger partial charge in [-0.15, -0.1) is 11.3 Å². The molecule has 0 saturated carbocycles. The summed E-state index contributed by atoms with van der Waals surface area (Å²) in [5, 5.41) is 3.30. The molecule has 2 aromatic heterocycles. The molecule has 1 aromatic carbocycles. The van der Waals surface area contributed by atoms with Crippen molar-refractivity contribution in [3.05, 3.63) is 57.5 Å². The van der Waals surface area contributed by atoms with Gasteiger partial charge in [-0.3, -0.25) is 19.0 Å². The average Bonchev–Trinajstić information content (AvgIpc) is 3.06. The number of anilines is 1. The molecule has 1 N–H and O–H groups in total. The predicted molar refractivity (Wildman–Crippen MR) is 103 cm³/mol. The molecule has 6 nitrogen and oxygen atoms in total. The van der Waals surface area contributed by atoms with Crippen LogP contribution in [0.2, 0.25) is 0 Å². The fourth-order valence-corrected chi connectivity index (χ4v) is 3.52. The maximum atomic E-state index is 12.7. The normalized spacial score (nSPS) is 12.1. The van der Waals surface area contributed by atoms with E-state index in [0.29, 0.717) is 21.5 Å². The van der Waals surface area contributed by atoms with Crippen LogP contribution in [0.5, 0.6) is 0 Å². The van der Waals surface area contributed by atoms with Crippen LogP contribution in [-0.4, -0.2) is 21.2 Å². The second-order valence-electron chi connectivity index (χ2n) is 6.04. The number of benzene rings is 1. The summed E-state index contributed by atoms with van der Waals surface area (Å²) in [7, 11) is 0. The Morgan fingerprint density at radius 2 is 1.96 bits per heavy atom. The van der Waals surface area contributed by atoms with E-state index < -0.39 is 6.04 Å². The van der Waals surface area contributed by atoms with E-state index in [4.69, 9.17) is 0 Å². The molecule has 2 heterocycles. The monoisotopic (exact) mass is 369 g/mol. The number of Topliss-reactive ketones (excluding diaryl/α,β-unsaturated/α-hetero) is 1. The maximum absolute atomic E-state index is 12.7. The van der Waals surface area contributed by atoms with Gasteiger partial charge in [0.15, 0.2) is 5.78 Å². The fraction of sp³-hybridized carbons (Fsp3) is 0.263. The summed E-state index contributed by atoms with van der Waals surface area (Å²) in [6.07, 6.45) is 2.26. The Morgan fingerprint density at radius 1 is 1.27 bits per heavy atom. The molecule has 0 saturated heterocycles. The highest BCUT2D eigenvalue weighted by atomic mass is 32.1. The summed E-state index contributed by atoms with van der Waals surface area (Å²) in [6, 6.07) is 7.77. The molecule has 0 aliphatic rings. The highest BCUT2D eigenvalue weighted by Gasteiger charge is 2.19. The van der Waals surface area contributed by atoms with Crippen molar-refractivity contribution >= 4 is 38.9 Å². The van der Waals surface area contributed by atoms with Crippen LogP contribution in [0.25, 0.3) is 10.2 Å². The first-order chi connectivity index (χ1) is 12.4. The SMILES string of the molecule is CCc1cc2c(=O)n(C(C)C(=O)Nc3ccc(C(C)=O)cc3)cnc2s1. The van der Waals surface area contributed by atoms with Crippen molar-refractivity contribution in [3.8, 4) is 0 Å². The zero-order valence-corrected chi connectivity index (χ0v) is 15.6. The minimum atomic E-state index is -0.711. The van der Waals surface area contributed by atoms with Crippen molar-refractivity contribution in [2.45, 2.75) is 33.2 Å². The highest BCUT2D eigenvalue weighted by Crippen LogP contribution is 2.22. The molecule has 7 heteroatoms. The van der Waals surface area contributed by atoms with Crippen LogP contribution in [0.4, 0.5) is 5.69 Å². The van der Waals surface area contributed by atoms with Crippen molar-refractivity contribution in [2.75, 3.05) is 5.32 Å². The van der Waals surface area contributed by atoms with Gasteiger partial charge in [-0.05, 0) is 50.6 Å². The molecule has 0 aliphatic carbocycles. The van der Waals surface area contributed by atoms with Crippen LogP contribution in [0.3, 0.4) is 0 Å². The van der Waals surface area contributed by atoms with Gasteiger partial charge in [-0.2, -0.15) is 0 Å². The number of ketones is 1. The molecule has 3 rings (SSSR count). The third kappa shape index (κ3) is 3.43. The third-order valence-electron chi connectivity index (χ3n) is 4.23. The first-order valence-electron chi connectivity index (χ1n) is 8.32. The lowest BCUT2D eigenvalue weighted by Crippen LogP contribution is -2.31. The number of fused-ring (bicyclic) bond motifs is 1. The van der Waals surface area contributed by atoms with Crippen molar-refractivity contribution in [1.29, 1.82) is 0 Å². The van der Waals surface area contributed by atoms with Gasteiger partial charge in [-0.1, -0.05) is 6.92 Å². The molecule has 1 amide bonds. The van der Waals surface area contributed by atoms with Gasteiger partial charge in [0, 0.05) is 16.1 Å². The molecule has 0 aliphatic heterocycles. The number of amides is 1. The van der Waals surface area contributed by atoms with Gasteiger partial charge in [0.25, 0.3) is 5.56 Å². The second-order valence-corrected chi connectivity index (χ2v) is 7.16. The smallest absolute Gasteiger partial charge is 0.262 e. The zero-order chi connectivity index (χ0) is 18.8. The standard InChI is InChI=1S/C19H19N3O3S/c1-4-15-9-16-18(26-15)20-10-22(19(16)25)11(2)17(24)21-14-7-5-13(6-8-14)12(3)23/h5-11H,4H2,1-3H3,(H,21,24). The topological polar surface area (TPSA) is 81.1 Å². The number of carbonyl (C=O) groups is 2. The number of nitrogens with one attached hydrogen (secondary N) is 1. The van der Waals surface area contributed by atoms with Gasteiger partial charge in [0.2, 0.25) is 5.91 Å². The molecule has 134 valence electrons. The van der Waals surface area contributed by atoms with E-state index in [1.165, 1.54) is 29.2 Å². The maximum Gasteiger partial charge on any atom is 0.262 e. The number of aromatic nitrogens is 2. The average molecular weight is 369 g/mol. The lowest BCUT2D eigenvalue weighted by molar-refractivity contribution is -0.118. The van der Waals surface area contributed by atoms with Crippen molar-refractivity contribution in [3.63, 3.8) is 0 Å². The molecule has 0 fully saturated rings. The number of aryl methyl sites for hydroxylation is 1. The number of carbonyl (C=O) groups excluding carboxylic acids is 2. The van der Waals surface area contributed by atoms with Crippen LogP contribution in [0, 0.1) is 0 Å². The minimum absolute atomic E-state index is 0.0376. The van der Waals surface area contributed by atoms with Crippen molar-refractivity contribution in [1.82, 2.24) is 9.55 Å². The summed E-state index contributed by atoms with van der Waals surface area (Å²) in [5.74, 6) is -0.362. The van der Waals surface area contributed by atoms with Crippen LogP contribution >= 0.6 is 11.3 Å². The van der Waals surface area contributed by atoms with Gasteiger partial charge in [-0.25, -0.2) is 4.98 Å². The number of hydrogen-bond acceptors (Lipinski definition) is 5. The van der Waals surface area contributed by atoms with Gasteiger partial charge < -0.3 is 5.32 Å². The van der Waals surface area contributed by atoms with Gasteiger partial charge in [0.1, 0.15) is 10.9 Å². The lowest BCUT2D eigenvalue weighted by Gasteiger charge is -2.15. The van der Waals surface area contributed by atoms with Crippen molar-refractivity contribution < 1.29 is 9.59 Å². The Hall–Kier alpha value is -2.80.